The largest absolute Gasteiger partial charge is 0.504 e. The van der Waals surface area contributed by atoms with E-state index in [2.05, 4.69) is 40.7 Å². The first-order valence-corrected chi connectivity index (χ1v) is 22.4. The summed E-state index contributed by atoms with van der Waals surface area (Å²) in [7, 11) is 1.51. The number of nitrogens with one attached hydrogen (secondary N) is 2. The van der Waals surface area contributed by atoms with Crippen LogP contribution in [-0.4, -0.2) is 77.0 Å². The molecule has 322 valence electrons. The summed E-state index contributed by atoms with van der Waals surface area (Å²) in [5.74, 6) is 8.95. The molecule has 0 unspecified atom stereocenters. The number of piperidine rings is 1. The predicted octanol–water partition coefficient (Wildman–Crippen LogP) is 6.08. The molecule has 3 aliphatic carbocycles. The molecule has 0 radical (unpaired) electrons. The molecule has 2 saturated carbocycles. The number of fused-ring (bicyclic) bond motifs is 2. The fourth-order valence-corrected chi connectivity index (χ4v) is 10.9. The molecule has 3 fully saturated rings. The van der Waals surface area contributed by atoms with Crippen molar-refractivity contribution in [2.45, 2.75) is 114 Å². The van der Waals surface area contributed by atoms with Gasteiger partial charge in [-0.05, 0) is 141 Å². The molecule has 5 aliphatic rings. The molecule has 8 N–H and O–H groups in total. The van der Waals surface area contributed by atoms with E-state index in [1.54, 1.807) is 12.1 Å². The summed E-state index contributed by atoms with van der Waals surface area (Å²) in [6.07, 6.45) is 15.1. The third-order valence-corrected chi connectivity index (χ3v) is 14.4. The number of benzene rings is 2. The van der Waals surface area contributed by atoms with Crippen LogP contribution in [0.4, 0.5) is 0 Å². The fourth-order valence-electron chi connectivity index (χ4n) is 10.9. The Hall–Kier alpha value is -4.40. The molecule has 10 nitrogen and oxygen atoms in total. The van der Waals surface area contributed by atoms with Crippen molar-refractivity contribution < 1.29 is 34.8 Å². The molecule has 7 rings (SSSR count). The van der Waals surface area contributed by atoms with E-state index in [9.17, 15) is 30.0 Å². The van der Waals surface area contributed by atoms with Gasteiger partial charge in [0.25, 0.3) is 0 Å². The number of Topliss-reactive ketones (excluding diaryl/α,β-unsaturated/α-hetero) is 2. The number of carbonyl (C=O) groups excluding carboxylic acids is 2. The number of hydrogen-bond donors (Lipinski definition) is 7. The maximum Gasteiger partial charge on any atom is 0.160 e. The van der Waals surface area contributed by atoms with Gasteiger partial charge < -0.3 is 41.5 Å². The number of phenolic OH excluding ortho intramolecular Hbond substituents is 1. The van der Waals surface area contributed by atoms with Crippen LogP contribution in [-0.2, 0) is 16.0 Å². The van der Waals surface area contributed by atoms with Gasteiger partial charge in [-0.25, -0.2) is 0 Å². The number of allylic oxidation sites excluding steroid dienone is 3. The van der Waals surface area contributed by atoms with E-state index in [0.717, 1.165) is 54.5 Å². The maximum absolute atomic E-state index is 14.3. The maximum atomic E-state index is 14.3. The smallest absolute Gasteiger partial charge is 0.160 e. The zero-order chi connectivity index (χ0) is 42.2. The minimum atomic E-state index is -1.21. The lowest BCUT2D eigenvalue weighted by Crippen LogP contribution is -2.50. The number of hydrogen-bond acceptors (Lipinski definition) is 10. The number of aryl methyl sites for hydroxylation is 1. The molecule has 10 atom stereocenters. The zero-order valence-corrected chi connectivity index (χ0v) is 35.2. The van der Waals surface area contributed by atoms with Gasteiger partial charge in [-0.2, -0.15) is 0 Å². The van der Waals surface area contributed by atoms with Gasteiger partial charge in [0, 0.05) is 50.3 Å². The Morgan fingerprint density at radius 3 is 2.68 bits per heavy atom. The number of nitrogens with two attached hydrogens (primary N) is 1. The van der Waals surface area contributed by atoms with E-state index in [1.165, 1.54) is 7.11 Å². The highest BCUT2D eigenvalue weighted by Gasteiger charge is 2.48. The second-order valence-corrected chi connectivity index (χ2v) is 18.2. The van der Waals surface area contributed by atoms with E-state index >= 15 is 0 Å². The number of aromatic hydroxyl groups is 1. The average molecular weight is 820 g/mol. The molecule has 10 heteroatoms. The summed E-state index contributed by atoms with van der Waals surface area (Å²) in [5, 5.41) is 51.6. The quantitative estimate of drug-likeness (QED) is 0.111. The number of ether oxygens (including phenoxy) is 1. The Morgan fingerprint density at radius 2 is 1.92 bits per heavy atom. The van der Waals surface area contributed by atoms with E-state index < -0.39 is 23.5 Å². The number of ketones is 2. The summed E-state index contributed by atoms with van der Waals surface area (Å²) in [4.78, 5) is 26.4. The van der Waals surface area contributed by atoms with Crippen LogP contribution in [0.2, 0.25) is 0 Å². The van der Waals surface area contributed by atoms with Crippen LogP contribution in [0.15, 0.2) is 72.1 Å². The average Bonchev–Trinajstić information content (AvgIpc) is 3.30. The first kappa shape index (κ1) is 43.7. The van der Waals surface area contributed by atoms with Gasteiger partial charge in [-0.1, -0.05) is 60.4 Å². The molecule has 0 bridgehead atoms. The monoisotopic (exact) mass is 819 g/mol. The molecular weight excluding hydrogens is 755 g/mol. The standard InChI is InChI=1S/C50H65N3O7/c1-60-46-27-38-11-14-47(58)50(19-15-33(24-48(50)59)23-37(18-22-54)40-25-39-10-13-42(56)29-44(39)53-31-40)20-16-34(43(38)30-45(46)57)9-12-41(55)26-35(36-17-21-52-49(51)28-36)8-7-32-5-3-2-4-6-32/h2-8,17,27-28,30,33-35,37,39-41,44,48,52-55,57,59H,9-15,18-19,21-26,29,31,51H2,1H3/b8-7+/t33-,34+,35+,37+,39-,40+,41+,44-,48-,50+/m1/s1. The summed E-state index contributed by atoms with van der Waals surface area (Å²) < 4.78 is 5.49. The van der Waals surface area contributed by atoms with Crippen molar-refractivity contribution in [1.82, 2.24) is 10.6 Å². The second kappa shape index (κ2) is 20.0. The third kappa shape index (κ3) is 10.4. The lowest BCUT2D eigenvalue weighted by atomic mass is 9.63. The van der Waals surface area contributed by atoms with Crippen molar-refractivity contribution in [2.75, 3.05) is 26.8 Å². The molecule has 2 heterocycles. The second-order valence-electron chi connectivity index (χ2n) is 18.2. The van der Waals surface area contributed by atoms with Gasteiger partial charge in [-0.15, -0.1) is 0 Å². The summed E-state index contributed by atoms with van der Waals surface area (Å²) in [5.41, 5.74) is 8.76. The van der Waals surface area contributed by atoms with Crippen LogP contribution in [0.1, 0.15) is 106 Å². The highest BCUT2D eigenvalue weighted by Crippen LogP contribution is 2.46. The lowest BCUT2D eigenvalue weighted by Gasteiger charge is -2.44. The van der Waals surface area contributed by atoms with Crippen LogP contribution in [0.3, 0.4) is 0 Å². The molecule has 0 aromatic heterocycles. The van der Waals surface area contributed by atoms with Crippen molar-refractivity contribution in [2.24, 2.45) is 40.7 Å². The molecule has 2 aromatic rings. The highest BCUT2D eigenvalue weighted by molar-refractivity contribution is 5.89. The van der Waals surface area contributed by atoms with E-state index in [4.69, 9.17) is 10.5 Å². The molecule has 0 amide bonds. The Morgan fingerprint density at radius 1 is 1.08 bits per heavy atom. The van der Waals surface area contributed by atoms with Crippen LogP contribution in [0.25, 0.3) is 6.08 Å². The van der Waals surface area contributed by atoms with Crippen molar-refractivity contribution in [1.29, 1.82) is 0 Å². The number of aliphatic hydroxyl groups excluding tert-OH is 3. The van der Waals surface area contributed by atoms with Gasteiger partial charge in [-0.3, -0.25) is 9.59 Å². The van der Waals surface area contributed by atoms with Crippen molar-refractivity contribution in [3.8, 4) is 23.3 Å². The Balaban J connectivity index is 1.08. The van der Waals surface area contributed by atoms with Crippen LogP contribution < -0.4 is 21.1 Å². The number of aliphatic hydroxyl groups is 3. The van der Waals surface area contributed by atoms with Gasteiger partial charge >= 0.3 is 0 Å². The number of dihydropyridines is 1. The van der Waals surface area contributed by atoms with Gasteiger partial charge in [0.15, 0.2) is 17.3 Å². The summed E-state index contributed by atoms with van der Waals surface area (Å²) >= 11 is 0. The molecular formula is C50H65N3O7. The number of carbonyl (C=O) groups is 2. The van der Waals surface area contributed by atoms with Crippen molar-refractivity contribution in [3.05, 3.63) is 88.8 Å². The number of rotatable bonds is 14. The molecule has 60 heavy (non-hydrogen) atoms. The Labute approximate surface area is 355 Å². The first-order chi connectivity index (χ1) is 29.0. The topological polar surface area (TPSA) is 174 Å². The molecule has 1 spiro atoms. The van der Waals surface area contributed by atoms with E-state index in [1.807, 2.05) is 36.4 Å². The third-order valence-electron chi connectivity index (χ3n) is 14.4. The summed E-state index contributed by atoms with van der Waals surface area (Å²) in [6, 6.07) is 13.8. The Bertz CT molecular complexity index is 1980. The number of phenols is 1. The first-order valence-electron chi connectivity index (χ1n) is 22.4. The van der Waals surface area contributed by atoms with E-state index in [-0.39, 0.29) is 48.4 Å². The van der Waals surface area contributed by atoms with Crippen molar-refractivity contribution in [3.63, 3.8) is 0 Å². The lowest BCUT2D eigenvalue weighted by molar-refractivity contribution is -0.134. The van der Waals surface area contributed by atoms with Gasteiger partial charge in [0.2, 0.25) is 0 Å². The zero-order valence-electron chi connectivity index (χ0n) is 35.2. The van der Waals surface area contributed by atoms with Crippen molar-refractivity contribution >= 4 is 17.6 Å². The van der Waals surface area contributed by atoms with Crippen LogP contribution in [0.5, 0.6) is 11.5 Å². The minimum absolute atomic E-state index is 0.00384. The van der Waals surface area contributed by atoms with Crippen LogP contribution >= 0.6 is 0 Å². The van der Waals surface area contributed by atoms with E-state index in [0.29, 0.717) is 93.5 Å². The molecule has 2 aromatic carbocycles. The summed E-state index contributed by atoms with van der Waals surface area (Å²) in [6.45, 7) is 1.56. The minimum Gasteiger partial charge on any atom is -0.504 e. The molecule has 1 saturated heterocycles. The molecule has 2 aliphatic heterocycles. The fraction of sp³-hybridized carbons (Fsp3) is 0.560. The van der Waals surface area contributed by atoms with Crippen LogP contribution in [0, 0.1) is 46.8 Å². The predicted molar refractivity (Wildman–Crippen MR) is 234 cm³/mol. The SMILES string of the molecule is COc1cc2c(cc1O)[C@@H](CC[C@H](O)C[C@H](/C=C/c1ccccc1)C1=CCNC(N)=C1)C#C[C@@]1(CC[C@H](C[C@H](CCO)[C@@H]3CN[C@@H]4CC(=O)CC[C@@H]4C3)C[C@H]1O)C(=O)CC2. The normalized spacial score (nSPS) is 29.6. The van der Waals surface area contributed by atoms with Gasteiger partial charge in [0.1, 0.15) is 11.2 Å². The highest BCUT2D eigenvalue weighted by atomic mass is 16.5. The number of methoxy groups -OCH3 is 1. The Kier molecular flexibility index (Phi) is 14.5. The van der Waals surface area contributed by atoms with Gasteiger partial charge in [0.05, 0.1) is 25.1 Å².